The van der Waals surface area contributed by atoms with Crippen LogP contribution >= 0.6 is 11.6 Å². The van der Waals surface area contributed by atoms with E-state index < -0.39 is 40.9 Å². The van der Waals surface area contributed by atoms with Gasteiger partial charge in [-0.3, -0.25) is 24.5 Å². The van der Waals surface area contributed by atoms with E-state index in [0.717, 1.165) is 24.3 Å². The lowest BCUT2D eigenvalue weighted by Gasteiger charge is -2.09. The maximum absolute atomic E-state index is 13.5. The number of carbonyl (C=O) groups is 3. The van der Waals surface area contributed by atoms with Crippen molar-refractivity contribution in [2.24, 2.45) is 0 Å². The van der Waals surface area contributed by atoms with Crippen LogP contribution in [0, 0.1) is 21.7 Å². The fraction of sp³-hybridized carbons (Fsp3) is 0.167. The van der Waals surface area contributed by atoms with Crippen molar-refractivity contribution < 1.29 is 32.8 Å². The monoisotopic (exact) mass is 441 g/mol. The molecule has 0 saturated carbocycles. The topological polar surface area (TPSA) is 128 Å². The summed E-state index contributed by atoms with van der Waals surface area (Å²) in [7, 11) is 0. The minimum Gasteiger partial charge on any atom is -0.456 e. The van der Waals surface area contributed by atoms with Gasteiger partial charge >= 0.3 is 5.97 Å². The van der Waals surface area contributed by atoms with Crippen molar-refractivity contribution in [2.45, 2.75) is 6.42 Å². The summed E-state index contributed by atoms with van der Waals surface area (Å²) in [5.74, 6) is -4.28. The lowest BCUT2D eigenvalue weighted by atomic mass is 10.2. The third kappa shape index (κ3) is 6.48. The molecule has 0 fully saturated rings. The lowest BCUT2D eigenvalue weighted by Crippen LogP contribution is -2.28. The summed E-state index contributed by atoms with van der Waals surface area (Å²) in [6.07, 6.45) is -0.305. The zero-order chi connectivity index (χ0) is 22.3. The molecule has 9 nitrogen and oxygen atoms in total. The Morgan fingerprint density at radius 3 is 2.50 bits per heavy atom. The first-order chi connectivity index (χ1) is 14.2. The standard InChI is InChI=1S/C18H14ClF2N3O6/c19-13-8-11(24(28)29)2-4-15(13)23-16(25)9-30-17(26)5-6-22-18(27)12-3-1-10(20)7-14(12)21/h1-4,7-8H,5-6,9H2,(H,22,27)(H,23,25). The number of benzene rings is 2. The van der Waals surface area contributed by atoms with E-state index in [1.165, 1.54) is 6.07 Å². The molecule has 0 spiro atoms. The molecule has 2 amide bonds. The molecule has 0 aliphatic rings. The van der Waals surface area contributed by atoms with Gasteiger partial charge in [-0.2, -0.15) is 0 Å². The van der Waals surface area contributed by atoms with Crippen molar-refractivity contribution in [3.8, 4) is 0 Å². The number of non-ortho nitro benzene ring substituents is 1. The fourth-order valence-corrected chi connectivity index (χ4v) is 2.39. The van der Waals surface area contributed by atoms with Gasteiger partial charge in [-0.05, 0) is 18.2 Å². The summed E-state index contributed by atoms with van der Waals surface area (Å²) >= 11 is 5.83. The molecule has 2 N–H and O–H groups in total. The number of hydrogen-bond donors (Lipinski definition) is 2. The number of nitrogens with one attached hydrogen (secondary N) is 2. The van der Waals surface area contributed by atoms with Crippen LogP contribution in [0.4, 0.5) is 20.2 Å². The van der Waals surface area contributed by atoms with Crippen molar-refractivity contribution in [1.29, 1.82) is 0 Å². The normalized spacial score (nSPS) is 10.2. The van der Waals surface area contributed by atoms with Crippen LogP contribution in [0.5, 0.6) is 0 Å². The number of anilines is 1. The third-order valence-corrected chi connectivity index (χ3v) is 3.90. The average molecular weight is 442 g/mol. The Morgan fingerprint density at radius 1 is 1.13 bits per heavy atom. The second-order valence-corrected chi connectivity index (χ2v) is 6.17. The average Bonchev–Trinajstić information content (AvgIpc) is 2.67. The van der Waals surface area contributed by atoms with Crippen molar-refractivity contribution in [3.05, 3.63) is 68.7 Å². The molecule has 0 heterocycles. The van der Waals surface area contributed by atoms with Crippen LogP contribution in [0.1, 0.15) is 16.8 Å². The maximum Gasteiger partial charge on any atom is 0.308 e. The number of ether oxygens (including phenoxy) is 1. The minimum atomic E-state index is -1.04. The van der Waals surface area contributed by atoms with Crippen molar-refractivity contribution in [1.82, 2.24) is 5.32 Å². The predicted octanol–water partition coefficient (Wildman–Crippen LogP) is 2.83. The molecule has 0 aliphatic heterocycles. The number of nitrogens with zero attached hydrogens (tertiary/aromatic N) is 1. The second kappa shape index (κ2) is 10.3. The van der Waals surface area contributed by atoms with Gasteiger partial charge in [0.15, 0.2) is 6.61 Å². The molecule has 2 rings (SSSR count). The van der Waals surface area contributed by atoms with Gasteiger partial charge in [0.2, 0.25) is 0 Å². The highest BCUT2D eigenvalue weighted by atomic mass is 35.5. The minimum absolute atomic E-state index is 0.0698. The number of nitro groups is 1. The predicted molar refractivity (Wildman–Crippen MR) is 101 cm³/mol. The summed E-state index contributed by atoms with van der Waals surface area (Å²) in [4.78, 5) is 45.2. The Morgan fingerprint density at radius 2 is 1.87 bits per heavy atom. The third-order valence-electron chi connectivity index (χ3n) is 3.59. The van der Waals surface area contributed by atoms with Gasteiger partial charge < -0.3 is 15.4 Å². The highest BCUT2D eigenvalue weighted by molar-refractivity contribution is 6.34. The van der Waals surface area contributed by atoms with E-state index in [0.29, 0.717) is 6.07 Å². The molecule has 0 aliphatic carbocycles. The molecule has 2 aromatic carbocycles. The summed E-state index contributed by atoms with van der Waals surface area (Å²) in [6.45, 7) is -0.864. The number of rotatable bonds is 8. The van der Waals surface area contributed by atoms with E-state index in [1.807, 2.05) is 0 Å². The molecule has 0 atom stereocenters. The van der Waals surface area contributed by atoms with Gasteiger partial charge in [0, 0.05) is 24.7 Å². The fourth-order valence-electron chi connectivity index (χ4n) is 2.17. The number of carbonyl (C=O) groups excluding carboxylic acids is 3. The number of hydrogen-bond acceptors (Lipinski definition) is 6. The molecule has 158 valence electrons. The molecule has 0 unspecified atom stereocenters. The van der Waals surface area contributed by atoms with Crippen LogP contribution in [0.3, 0.4) is 0 Å². The van der Waals surface area contributed by atoms with Crippen molar-refractivity contribution in [2.75, 3.05) is 18.5 Å². The maximum atomic E-state index is 13.5. The summed E-state index contributed by atoms with van der Waals surface area (Å²) in [6, 6.07) is 5.85. The zero-order valence-corrected chi connectivity index (χ0v) is 15.9. The second-order valence-electron chi connectivity index (χ2n) is 5.76. The largest absolute Gasteiger partial charge is 0.456 e. The van der Waals surface area contributed by atoms with Gasteiger partial charge in [-0.1, -0.05) is 11.6 Å². The molecule has 2 aromatic rings. The van der Waals surface area contributed by atoms with Crippen LogP contribution in [0.25, 0.3) is 0 Å². The summed E-state index contributed by atoms with van der Waals surface area (Å²) < 4.78 is 31.0. The highest BCUT2D eigenvalue weighted by Crippen LogP contribution is 2.26. The quantitative estimate of drug-likeness (QED) is 0.368. The Bertz CT molecular complexity index is 1000. The van der Waals surface area contributed by atoms with Gasteiger partial charge in [0.25, 0.3) is 17.5 Å². The van der Waals surface area contributed by atoms with Crippen LogP contribution < -0.4 is 10.6 Å². The van der Waals surface area contributed by atoms with Gasteiger partial charge in [0.05, 0.1) is 27.6 Å². The Labute approximate surface area is 173 Å². The first kappa shape index (κ1) is 22.7. The van der Waals surface area contributed by atoms with Crippen molar-refractivity contribution >= 4 is 40.8 Å². The number of esters is 1. The van der Waals surface area contributed by atoms with Crippen LogP contribution in [-0.2, 0) is 14.3 Å². The summed E-state index contributed by atoms with van der Waals surface area (Å²) in [5, 5.41) is 15.2. The van der Waals surface area contributed by atoms with Gasteiger partial charge in [-0.15, -0.1) is 0 Å². The highest BCUT2D eigenvalue weighted by Gasteiger charge is 2.15. The molecule has 30 heavy (non-hydrogen) atoms. The van der Waals surface area contributed by atoms with E-state index in [9.17, 15) is 33.3 Å². The Balaban J connectivity index is 1.74. The first-order valence-electron chi connectivity index (χ1n) is 8.30. The van der Waals surface area contributed by atoms with E-state index in [4.69, 9.17) is 16.3 Å². The molecular weight excluding hydrogens is 428 g/mol. The van der Waals surface area contributed by atoms with Crippen LogP contribution in [-0.4, -0.2) is 35.9 Å². The number of nitro benzene ring substituents is 1. The van der Waals surface area contributed by atoms with Gasteiger partial charge in [-0.25, -0.2) is 8.78 Å². The van der Waals surface area contributed by atoms with Gasteiger partial charge in [0.1, 0.15) is 11.6 Å². The summed E-state index contributed by atoms with van der Waals surface area (Å²) in [5.41, 5.74) is -0.548. The van der Waals surface area contributed by atoms with E-state index >= 15 is 0 Å². The lowest BCUT2D eigenvalue weighted by molar-refractivity contribution is -0.384. The molecule has 0 saturated heterocycles. The number of amides is 2. The van der Waals surface area contributed by atoms with E-state index in [-0.39, 0.29) is 34.9 Å². The molecular formula is C18H14ClF2N3O6. The van der Waals surface area contributed by atoms with E-state index in [1.54, 1.807) is 0 Å². The molecule has 0 aromatic heterocycles. The Hall–Kier alpha value is -3.60. The Kier molecular flexibility index (Phi) is 7.76. The number of halogens is 3. The van der Waals surface area contributed by atoms with Crippen molar-refractivity contribution in [3.63, 3.8) is 0 Å². The molecule has 12 heteroatoms. The van der Waals surface area contributed by atoms with E-state index in [2.05, 4.69) is 10.6 Å². The molecule has 0 radical (unpaired) electrons. The molecule has 0 bridgehead atoms. The SMILES string of the molecule is O=C(COC(=O)CCNC(=O)c1ccc(F)cc1F)Nc1ccc([N+](=O)[O-])cc1Cl. The zero-order valence-electron chi connectivity index (χ0n) is 15.1. The first-order valence-corrected chi connectivity index (χ1v) is 8.68. The van der Waals surface area contributed by atoms with Crippen LogP contribution in [0.2, 0.25) is 5.02 Å². The smallest absolute Gasteiger partial charge is 0.308 e. The van der Waals surface area contributed by atoms with Crippen LogP contribution in [0.15, 0.2) is 36.4 Å².